The highest BCUT2D eigenvalue weighted by Gasteiger charge is 2.30. The van der Waals surface area contributed by atoms with E-state index in [2.05, 4.69) is 23.1 Å². The zero-order valence-corrected chi connectivity index (χ0v) is 8.72. The number of hydrogen-bond donors (Lipinski definition) is 1. The maximum Gasteiger partial charge on any atom is 0.155 e. The van der Waals surface area contributed by atoms with E-state index in [4.69, 9.17) is 5.73 Å². The fourth-order valence-corrected chi connectivity index (χ4v) is 2.05. The Morgan fingerprint density at radius 1 is 1.47 bits per heavy atom. The van der Waals surface area contributed by atoms with E-state index in [0.29, 0.717) is 12.0 Å². The van der Waals surface area contributed by atoms with Crippen molar-refractivity contribution < 1.29 is 0 Å². The number of nitrogens with zero attached hydrogens (tertiary/aromatic N) is 3. The van der Waals surface area contributed by atoms with Crippen LogP contribution in [0.2, 0.25) is 0 Å². The first-order chi connectivity index (χ1) is 7.22. The molecule has 0 radical (unpaired) electrons. The molecule has 0 bridgehead atoms. The van der Waals surface area contributed by atoms with E-state index in [9.17, 15) is 0 Å². The van der Waals surface area contributed by atoms with Crippen LogP contribution in [0.5, 0.6) is 0 Å². The average molecular weight is 202 g/mol. The molecule has 2 aromatic heterocycles. The molecule has 15 heavy (non-hydrogen) atoms. The number of aryl methyl sites for hydroxylation is 1. The minimum atomic E-state index is 0.350. The fourth-order valence-electron chi connectivity index (χ4n) is 2.05. The van der Waals surface area contributed by atoms with Crippen molar-refractivity contribution in [2.45, 2.75) is 31.7 Å². The van der Waals surface area contributed by atoms with Gasteiger partial charge in [-0.3, -0.25) is 0 Å². The van der Waals surface area contributed by atoms with Crippen LogP contribution in [0, 0.1) is 6.92 Å². The SMILES string of the molecule is Cc1ccn2nc(C3CC(N)C3)nc2c1. The van der Waals surface area contributed by atoms with Gasteiger partial charge in [0.15, 0.2) is 11.5 Å². The Morgan fingerprint density at radius 2 is 2.27 bits per heavy atom. The topological polar surface area (TPSA) is 56.2 Å². The summed E-state index contributed by atoms with van der Waals surface area (Å²) >= 11 is 0. The van der Waals surface area contributed by atoms with Crippen molar-refractivity contribution in [3.05, 3.63) is 29.7 Å². The Labute approximate surface area is 88.1 Å². The molecule has 3 rings (SSSR count). The van der Waals surface area contributed by atoms with Crippen LogP contribution in [0.25, 0.3) is 5.65 Å². The molecule has 2 heterocycles. The molecule has 78 valence electrons. The smallest absolute Gasteiger partial charge is 0.155 e. The van der Waals surface area contributed by atoms with Crippen molar-refractivity contribution in [2.75, 3.05) is 0 Å². The van der Waals surface area contributed by atoms with Gasteiger partial charge in [0.25, 0.3) is 0 Å². The summed E-state index contributed by atoms with van der Waals surface area (Å²) in [6.07, 6.45) is 4.01. The summed E-state index contributed by atoms with van der Waals surface area (Å²) in [6.45, 7) is 2.06. The molecule has 4 nitrogen and oxygen atoms in total. The quantitative estimate of drug-likeness (QED) is 0.757. The van der Waals surface area contributed by atoms with Gasteiger partial charge >= 0.3 is 0 Å². The third kappa shape index (κ3) is 1.41. The van der Waals surface area contributed by atoms with Crippen LogP contribution in [-0.4, -0.2) is 20.6 Å². The van der Waals surface area contributed by atoms with Crippen LogP contribution in [-0.2, 0) is 0 Å². The summed E-state index contributed by atoms with van der Waals surface area (Å²) in [7, 11) is 0. The normalized spacial score (nSPS) is 25.5. The highest BCUT2D eigenvalue weighted by atomic mass is 15.3. The Bertz CT molecular complexity index is 496. The standard InChI is InChI=1S/C11H14N4/c1-7-2-3-15-10(4-7)13-11(14-15)8-5-9(12)6-8/h2-4,8-9H,5-6,12H2,1H3. The van der Waals surface area contributed by atoms with Crippen molar-refractivity contribution in [1.29, 1.82) is 0 Å². The minimum absolute atomic E-state index is 0.350. The van der Waals surface area contributed by atoms with Crippen molar-refractivity contribution in [3.8, 4) is 0 Å². The van der Waals surface area contributed by atoms with Crippen LogP contribution in [0.4, 0.5) is 0 Å². The first-order valence-electron chi connectivity index (χ1n) is 5.31. The van der Waals surface area contributed by atoms with E-state index in [0.717, 1.165) is 24.3 Å². The van der Waals surface area contributed by atoms with Gasteiger partial charge in [0.2, 0.25) is 0 Å². The zero-order valence-electron chi connectivity index (χ0n) is 8.72. The van der Waals surface area contributed by atoms with Crippen molar-refractivity contribution in [2.24, 2.45) is 5.73 Å². The summed E-state index contributed by atoms with van der Waals surface area (Å²) in [4.78, 5) is 4.53. The van der Waals surface area contributed by atoms with Gasteiger partial charge in [0.1, 0.15) is 0 Å². The van der Waals surface area contributed by atoms with E-state index < -0.39 is 0 Å². The highest BCUT2D eigenvalue weighted by molar-refractivity contribution is 5.40. The van der Waals surface area contributed by atoms with Crippen molar-refractivity contribution in [1.82, 2.24) is 14.6 Å². The Morgan fingerprint density at radius 3 is 3.00 bits per heavy atom. The van der Waals surface area contributed by atoms with Gasteiger partial charge < -0.3 is 5.73 Å². The monoisotopic (exact) mass is 202 g/mol. The third-order valence-electron chi connectivity index (χ3n) is 3.05. The fraction of sp³-hybridized carbons (Fsp3) is 0.455. The van der Waals surface area contributed by atoms with Crippen molar-refractivity contribution >= 4 is 5.65 Å². The van der Waals surface area contributed by atoms with Gasteiger partial charge in [-0.2, -0.15) is 5.10 Å². The summed E-state index contributed by atoms with van der Waals surface area (Å²) in [5, 5.41) is 4.46. The van der Waals surface area contributed by atoms with E-state index in [1.807, 2.05) is 16.8 Å². The van der Waals surface area contributed by atoms with Gasteiger partial charge in [0.05, 0.1) is 0 Å². The second-order valence-electron chi connectivity index (χ2n) is 4.41. The predicted molar refractivity (Wildman–Crippen MR) is 57.7 cm³/mol. The van der Waals surface area contributed by atoms with E-state index in [-0.39, 0.29) is 0 Å². The Kier molecular flexibility index (Phi) is 1.79. The molecule has 4 heteroatoms. The second-order valence-corrected chi connectivity index (χ2v) is 4.41. The second kappa shape index (κ2) is 3.03. The first kappa shape index (κ1) is 8.85. The summed E-state index contributed by atoms with van der Waals surface area (Å²) in [5.41, 5.74) is 7.91. The van der Waals surface area contributed by atoms with Gasteiger partial charge in [0, 0.05) is 18.2 Å². The lowest BCUT2D eigenvalue weighted by Crippen LogP contribution is -2.35. The number of aromatic nitrogens is 3. The van der Waals surface area contributed by atoms with Gasteiger partial charge in [-0.1, -0.05) is 0 Å². The minimum Gasteiger partial charge on any atom is -0.328 e. The molecule has 0 aliphatic heterocycles. The van der Waals surface area contributed by atoms with Crippen molar-refractivity contribution in [3.63, 3.8) is 0 Å². The number of rotatable bonds is 1. The molecule has 0 saturated heterocycles. The molecule has 2 aromatic rings. The zero-order chi connectivity index (χ0) is 10.4. The predicted octanol–water partition coefficient (Wildman–Crippen LogP) is 1.24. The molecular weight excluding hydrogens is 188 g/mol. The molecule has 0 aromatic carbocycles. The number of fused-ring (bicyclic) bond motifs is 1. The van der Waals surface area contributed by atoms with Crippen LogP contribution in [0.15, 0.2) is 18.3 Å². The number of hydrogen-bond acceptors (Lipinski definition) is 3. The third-order valence-corrected chi connectivity index (χ3v) is 3.05. The molecule has 1 aliphatic rings. The maximum atomic E-state index is 5.76. The molecule has 0 amide bonds. The van der Waals surface area contributed by atoms with Crippen LogP contribution >= 0.6 is 0 Å². The largest absolute Gasteiger partial charge is 0.328 e. The summed E-state index contributed by atoms with van der Waals surface area (Å²) in [5.74, 6) is 1.42. The molecule has 1 saturated carbocycles. The summed E-state index contributed by atoms with van der Waals surface area (Å²) in [6, 6.07) is 4.44. The maximum absolute atomic E-state index is 5.76. The number of pyridine rings is 1. The van der Waals surface area contributed by atoms with Gasteiger partial charge in [-0.05, 0) is 37.5 Å². The van der Waals surface area contributed by atoms with E-state index >= 15 is 0 Å². The Hall–Kier alpha value is -1.42. The molecule has 0 atom stereocenters. The lowest BCUT2D eigenvalue weighted by atomic mass is 9.80. The van der Waals surface area contributed by atoms with Crippen LogP contribution in [0.3, 0.4) is 0 Å². The molecule has 0 spiro atoms. The summed E-state index contributed by atoms with van der Waals surface area (Å²) < 4.78 is 1.84. The molecular formula is C11H14N4. The molecule has 1 aliphatic carbocycles. The van der Waals surface area contributed by atoms with Crippen LogP contribution in [0.1, 0.15) is 30.1 Å². The molecule has 1 fully saturated rings. The first-order valence-corrected chi connectivity index (χ1v) is 5.31. The molecule has 2 N–H and O–H groups in total. The molecule has 0 unspecified atom stereocenters. The average Bonchev–Trinajstić information content (AvgIpc) is 2.55. The van der Waals surface area contributed by atoms with E-state index in [1.165, 1.54) is 5.56 Å². The highest BCUT2D eigenvalue weighted by Crippen LogP contribution is 2.33. The Balaban J connectivity index is 1.99. The van der Waals surface area contributed by atoms with E-state index in [1.54, 1.807) is 0 Å². The van der Waals surface area contributed by atoms with Gasteiger partial charge in [-0.25, -0.2) is 9.50 Å². The number of nitrogens with two attached hydrogens (primary N) is 1. The van der Waals surface area contributed by atoms with Crippen LogP contribution < -0.4 is 5.73 Å². The lowest BCUT2D eigenvalue weighted by molar-refractivity contribution is 0.338. The lowest BCUT2D eigenvalue weighted by Gasteiger charge is -2.29. The van der Waals surface area contributed by atoms with Gasteiger partial charge in [-0.15, -0.1) is 0 Å².